The second-order valence-electron chi connectivity index (χ2n) is 3.94. The molecule has 17 heavy (non-hydrogen) atoms. The van der Waals surface area contributed by atoms with Crippen molar-refractivity contribution >= 4 is 5.69 Å². The summed E-state index contributed by atoms with van der Waals surface area (Å²) in [5.41, 5.74) is 3.25. The van der Waals surface area contributed by atoms with Gasteiger partial charge in [0.1, 0.15) is 0 Å². The van der Waals surface area contributed by atoms with E-state index in [1.54, 1.807) is 0 Å². The third kappa shape index (κ3) is 1.91. The molecule has 0 amide bonds. The van der Waals surface area contributed by atoms with Crippen LogP contribution in [-0.2, 0) is 6.54 Å². The van der Waals surface area contributed by atoms with E-state index in [9.17, 15) is 0 Å². The molecule has 1 aromatic carbocycles. The summed E-state index contributed by atoms with van der Waals surface area (Å²) < 4.78 is 10.6. The number of hydrogen-bond donors (Lipinski definition) is 2. The molecule has 88 valence electrons. The Labute approximate surface area is 98.8 Å². The molecule has 0 bridgehead atoms. The lowest BCUT2D eigenvalue weighted by atomic mass is 10.2. The lowest BCUT2D eigenvalue weighted by Crippen LogP contribution is -1.99. The van der Waals surface area contributed by atoms with Crippen molar-refractivity contribution in [2.24, 2.45) is 0 Å². The zero-order chi connectivity index (χ0) is 11.7. The Morgan fingerprint density at radius 1 is 1.35 bits per heavy atom. The van der Waals surface area contributed by atoms with Gasteiger partial charge in [0.2, 0.25) is 6.79 Å². The Hall–Kier alpha value is -2.17. The highest BCUT2D eigenvalue weighted by Crippen LogP contribution is 2.34. The standard InChI is InChI=1S/C12H13N3O2/c1-8-9(6-14-15-8)5-13-10-2-3-11-12(4-10)17-7-16-11/h2-4,6,13H,5,7H2,1H3,(H,14,15). The van der Waals surface area contributed by atoms with Crippen LogP contribution in [0.1, 0.15) is 11.3 Å². The summed E-state index contributed by atoms with van der Waals surface area (Å²) in [4.78, 5) is 0. The highest BCUT2D eigenvalue weighted by Gasteiger charge is 2.13. The third-order valence-corrected chi connectivity index (χ3v) is 2.79. The molecule has 5 nitrogen and oxygen atoms in total. The molecule has 0 radical (unpaired) electrons. The molecule has 5 heteroatoms. The molecular formula is C12H13N3O2. The SMILES string of the molecule is Cc1[nH]ncc1CNc1ccc2c(c1)OCO2. The van der Waals surface area contributed by atoms with E-state index >= 15 is 0 Å². The number of fused-ring (bicyclic) bond motifs is 1. The molecule has 0 spiro atoms. The number of ether oxygens (including phenoxy) is 2. The van der Waals surface area contributed by atoms with Crippen molar-refractivity contribution in [3.8, 4) is 11.5 Å². The van der Waals surface area contributed by atoms with Crippen molar-refractivity contribution in [1.82, 2.24) is 10.2 Å². The molecule has 2 N–H and O–H groups in total. The second kappa shape index (κ2) is 4.01. The fraction of sp³-hybridized carbons (Fsp3) is 0.250. The number of anilines is 1. The van der Waals surface area contributed by atoms with Crippen LogP contribution in [0.15, 0.2) is 24.4 Å². The van der Waals surface area contributed by atoms with Crippen LogP contribution in [0.3, 0.4) is 0 Å². The molecule has 0 saturated heterocycles. The van der Waals surface area contributed by atoms with Gasteiger partial charge in [0.05, 0.1) is 6.20 Å². The Balaban J connectivity index is 1.72. The molecule has 0 aliphatic carbocycles. The van der Waals surface area contributed by atoms with Gasteiger partial charge in [-0.15, -0.1) is 0 Å². The predicted octanol–water partition coefficient (Wildman–Crippen LogP) is 2.06. The highest BCUT2D eigenvalue weighted by atomic mass is 16.7. The molecule has 0 atom stereocenters. The molecular weight excluding hydrogens is 218 g/mol. The van der Waals surface area contributed by atoms with E-state index in [1.807, 2.05) is 31.3 Å². The molecule has 2 aromatic rings. The molecule has 2 heterocycles. The lowest BCUT2D eigenvalue weighted by Gasteiger charge is -2.06. The Bertz CT molecular complexity index is 536. The number of aryl methyl sites for hydroxylation is 1. The predicted molar refractivity (Wildman–Crippen MR) is 63.2 cm³/mol. The highest BCUT2D eigenvalue weighted by molar-refractivity contribution is 5.55. The fourth-order valence-corrected chi connectivity index (χ4v) is 1.76. The van der Waals surface area contributed by atoms with Crippen LogP contribution >= 0.6 is 0 Å². The number of nitrogens with zero attached hydrogens (tertiary/aromatic N) is 1. The maximum absolute atomic E-state index is 5.32. The van der Waals surface area contributed by atoms with Crippen LogP contribution in [0, 0.1) is 6.92 Å². The monoisotopic (exact) mass is 231 g/mol. The van der Waals surface area contributed by atoms with Crippen molar-refractivity contribution < 1.29 is 9.47 Å². The van der Waals surface area contributed by atoms with Gasteiger partial charge in [0.15, 0.2) is 11.5 Å². The molecule has 1 aromatic heterocycles. The van der Waals surface area contributed by atoms with Gasteiger partial charge in [0.25, 0.3) is 0 Å². The summed E-state index contributed by atoms with van der Waals surface area (Å²) in [6.45, 7) is 3.05. The quantitative estimate of drug-likeness (QED) is 0.848. The van der Waals surface area contributed by atoms with Crippen LogP contribution in [-0.4, -0.2) is 17.0 Å². The minimum atomic E-state index is 0.305. The second-order valence-corrected chi connectivity index (χ2v) is 3.94. The Morgan fingerprint density at radius 3 is 3.06 bits per heavy atom. The largest absolute Gasteiger partial charge is 0.454 e. The number of benzene rings is 1. The van der Waals surface area contributed by atoms with Crippen molar-refractivity contribution in [2.45, 2.75) is 13.5 Å². The van der Waals surface area contributed by atoms with Gasteiger partial charge in [0, 0.05) is 29.6 Å². The van der Waals surface area contributed by atoms with Gasteiger partial charge in [-0.25, -0.2) is 0 Å². The van der Waals surface area contributed by atoms with Gasteiger partial charge >= 0.3 is 0 Å². The Morgan fingerprint density at radius 2 is 2.24 bits per heavy atom. The number of H-pyrrole nitrogens is 1. The van der Waals surface area contributed by atoms with E-state index in [1.165, 1.54) is 0 Å². The van der Waals surface area contributed by atoms with Gasteiger partial charge in [-0.3, -0.25) is 5.10 Å². The van der Waals surface area contributed by atoms with E-state index in [0.29, 0.717) is 6.79 Å². The first kappa shape index (κ1) is 10.0. The molecule has 0 unspecified atom stereocenters. The summed E-state index contributed by atoms with van der Waals surface area (Å²) in [5.74, 6) is 1.59. The van der Waals surface area contributed by atoms with Crippen LogP contribution in [0.5, 0.6) is 11.5 Å². The fourth-order valence-electron chi connectivity index (χ4n) is 1.76. The molecule has 0 fully saturated rings. The number of aromatic nitrogens is 2. The minimum absolute atomic E-state index is 0.305. The average Bonchev–Trinajstić information content (AvgIpc) is 2.94. The number of rotatable bonds is 3. The lowest BCUT2D eigenvalue weighted by molar-refractivity contribution is 0.174. The summed E-state index contributed by atoms with van der Waals surface area (Å²) >= 11 is 0. The smallest absolute Gasteiger partial charge is 0.231 e. The normalized spacial score (nSPS) is 12.8. The van der Waals surface area contributed by atoms with Crippen molar-refractivity contribution in [2.75, 3.05) is 12.1 Å². The van der Waals surface area contributed by atoms with E-state index in [4.69, 9.17) is 9.47 Å². The third-order valence-electron chi connectivity index (χ3n) is 2.79. The van der Waals surface area contributed by atoms with Crippen LogP contribution in [0.2, 0.25) is 0 Å². The zero-order valence-corrected chi connectivity index (χ0v) is 9.49. The molecule has 1 aliphatic heterocycles. The van der Waals surface area contributed by atoms with Gasteiger partial charge in [-0.1, -0.05) is 0 Å². The van der Waals surface area contributed by atoms with E-state index < -0.39 is 0 Å². The van der Waals surface area contributed by atoms with Crippen molar-refractivity contribution in [3.63, 3.8) is 0 Å². The first-order chi connectivity index (χ1) is 8.33. The molecule has 3 rings (SSSR count). The van der Waals surface area contributed by atoms with Crippen LogP contribution in [0.25, 0.3) is 0 Å². The Kier molecular flexibility index (Phi) is 2.36. The maximum Gasteiger partial charge on any atom is 0.231 e. The summed E-state index contributed by atoms with van der Waals surface area (Å²) in [6, 6.07) is 5.83. The number of aromatic amines is 1. The average molecular weight is 231 g/mol. The molecule has 1 aliphatic rings. The zero-order valence-electron chi connectivity index (χ0n) is 9.49. The number of hydrogen-bond acceptors (Lipinski definition) is 4. The van der Waals surface area contributed by atoms with E-state index in [0.717, 1.165) is 35.0 Å². The van der Waals surface area contributed by atoms with Crippen LogP contribution in [0.4, 0.5) is 5.69 Å². The van der Waals surface area contributed by atoms with Crippen molar-refractivity contribution in [3.05, 3.63) is 35.7 Å². The van der Waals surface area contributed by atoms with Gasteiger partial charge in [-0.2, -0.15) is 5.10 Å². The topological polar surface area (TPSA) is 59.2 Å². The maximum atomic E-state index is 5.32. The molecule has 0 saturated carbocycles. The van der Waals surface area contributed by atoms with Crippen molar-refractivity contribution in [1.29, 1.82) is 0 Å². The van der Waals surface area contributed by atoms with E-state index in [2.05, 4.69) is 15.5 Å². The first-order valence-corrected chi connectivity index (χ1v) is 5.45. The summed E-state index contributed by atoms with van der Waals surface area (Å²) in [6.07, 6.45) is 1.83. The summed E-state index contributed by atoms with van der Waals surface area (Å²) in [5, 5.41) is 10.2. The van der Waals surface area contributed by atoms with Crippen LogP contribution < -0.4 is 14.8 Å². The van der Waals surface area contributed by atoms with Gasteiger partial charge in [-0.05, 0) is 19.1 Å². The van der Waals surface area contributed by atoms with Gasteiger partial charge < -0.3 is 14.8 Å². The van der Waals surface area contributed by atoms with E-state index in [-0.39, 0.29) is 0 Å². The minimum Gasteiger partial charge on any atom is -0.454 e. The first-order valence-electron chi connectivity index (χ1n) is 5.45. The number of nitrogens with one attached hydrogen (secondary N) is 2. The summed E-state index contributed by atoms with van der Waals surface area (Å²) in [7, 11) is 0.